The normalized spacial score (nSPS) is 21.7. The van der Waals surface area contributed by atoms with E-state index >= 15 is 0 Å². The largest absolute Gasteiger partial charge is 0.459 e. The summed E-state index contributed by atoms with van der Waals surface area (Å²) >= 11 is 0. The SMILES string of the molecule is Cc1cc(N)cc(-n2cnc([C@]3(O)CC[C@H](OC(=O)c4ccccc4)CC3)c2)c1. The van der Waals surface area contributed by atoms with Crippen molar-refractivity contribution in [2.24, 2.45) is 0 Å². The standard InChI is InChI=1S/C23H25N3O3/c1-16-11-18(24)13-19(12-16)26-14-21(25-15-26)23(28)9-7-20(8-10-23)29-22(27)17-5-3-2-4-6-17/h2-6,11-15,20,28H,7-10,24H2,1H3/t20-,23-. The van der Waals surface area contributed by atoms with Crippen LogP contribution in [0.3, 0.4) is 0 Å². The molecule has 6 nitrogen and oxygen atoms in total. The molecule has 0 atom stereocenters. The van der Waals surface area contributed by atoms with Crippen LogP contribution < -0.4 is 5.73 Å². The number of hydrogen-bond acceptors (Lipinski definition) is 5. The van der Waals surface area contributed by atoms with E-state index in [1.807, 2.05) is 54.1 Å². The van der Waals surface area contributed by atoms with Crippen molar-refractivity contribution in [3.63, 3.8) is 0 Å². The zero-order valence-corrected chi connectivity index (χ0v) is 16.4. The Bertz CT molecular complexity index is 985. The predicted octanol–water partition coefficient (Wildman–Crippen LogP) is 3.75. The van der Waals surface area contributed by atoms with Gasteiger partial charge in [0.05, 0.1) is 17.6 Å². The third kappa shape index (κ3) is 4.17. The number of nitrogens with two attached hydrogens (primary N) is 1. The molecule has 0 unspecified atom stereocenters. The van der Waals surface area contributed by atoms with Gasteiger partial charge in [0, 0.05) is 17.6 Å². The van der Waals surface area contributed by atoms with Gasteiger partial charge >= 0.3 is 5.97 Å². The summed E-state index contributed by atoms with van der Waals surface area (Å²) < 4.78 is 7.49. The first-order chi connectivity index (χ1) is 13.9. The Morgan fingerprint density at radius 1 is 1.21 bits per heavy atom. The fourth-order valence-electron chi connectivity index (χ4n) is 3.88. The highest BCUT2D eigenvalue weighted by molar-refractivity contribution is 5.89. The van der Waals surface area contributed by atoms with Crippen LogP contribution in [0.1, 0.15) is 47.3 Å². The molecule has 150 valence electrons. The van der Waals surface area contributed by atoms with E-state index in [9.17, 15) is 9.90 Å². The van der Waals surface area contributed by atoms with E-state index in [-0.39, 0.29) is 12.1 Å². The molecule has 3 aromatic rings. The highest BCUT2D eigenvalue weighted by Crippen LogP contribution is 2.37. The van der Waals surface area contributed by atoms with Gasteiger partial charge in [-0.2, -0.15) is 0 Å². The van der Waals surface area contributed by atoms with Crippen LogP contribution >= 0.6 is 0 Å². The van der Waals surface area contributed by atoms with E-state index in [0.29, 0.717) is 42.6 Å². The Hall–Kier alpha value is -3.12. The summed E-state index contributed by atoms with van der Waals surface area (Å²) in [5, 5.41) is 11.1. The second-order valence-electron chi connectivity index (χ2n) is 7.77. The number of esters is 1. The Balaban J connectivity index is 1.42. The number of nitrogen functional groups attached to an aromatic ring is 1. The molecule has 0 aliphatic heterocycles. The van der Waals surface area contributed by atoms with Crippen LogP contribution in [0.2, 0.25) is 0 Å². The molecule has 1 fully saturated rings. The first-order valence-electron chi connectivity index (χ1n) is 9.83. The maximum Gasteiger partial charge on any atom is 0.338 e. The minimum Gasteiger partial charge on any atom is -0.459 e. The van der Waals surface area contributed by atoms with E-state index < -0.39 is 5.60 Å². The maximum absolute atomic E-state index is 12.2. The summed E-state index contributed by atoms with van der Waals surface area (Å²) in [5.41, 5.74) is 8.77. The Morgan fingerprint density at radius 3 is 2.62 bits per heavy atom. The van der Waals surface area contributed by atoms with Crippen molar-refractivity contribution in [2.75, 3.05) is 5.73 Å². The average molecular weight is 391 g/mol. The zero-order chi connectivity index (χ0) is 20.4. The van der Waals surface area contributed by atoms with Crippen LogP contribution in [0, 0.1) is 6.92 Å². The fourth-order valence-corrected chi connectivity index (χ4v) is 3.88. The van der Waals surface area contributed by atoms with Crippen LogP contribution in [0.25, 0.3) is 5.69 Å². The third-order valence-corrected chi connectivity index (χ3v) is 5.48. The van der Waals surface area contributed by atoms with Gasteiger partial charge in [-0.15, -0.1) is 0 Å². The molecule has 1 aliphatic rings. The lowest BCUT2D eigenvalue weighted by Crippen LogP contribution is -2.35. The monoisotopic (exact) mass is 391 g/mol. The Labute approximate surface area is 170 Å². The minimum atomic E-state index is -1.02. The average Bonchev–Trinajstić information content (AvgIpc) is 3.21. The molecule has 1 aromatic heterocycles. The number of hydrogen-bond donors (Lipinski definition) is 2. The van der Waals surface area contributed by atoms with Gasteiger partial charge in [0.25, 0.3) is 0 Å². The lowest BCUT2D eigenvalue weighted by Gasteiger charge is -2.34. The quantitative estimate of drug-likeness (QED) is 0.522. The van der Waals surface area contributed by atoms with Gasteiger partial charge in [-0.25, -0.2) is 9.78 Å². The van der Waals surface area contributed by atoms with Crippen molar-refractivity contribution in [3.05, 3.63) is 77.9 Å². The predicted molar refractivity (Wildman–Crippen MR) is 111 cm³/mol. The zero-order valence-electron chi connectivity index (χ0n) is 16.4. The van der Waals surface area contributed by atoms with Crippen LogP contribution in [0.4, 0.5) is 5.69 Å². The van der Waals surface area contributed by atoms with Gasteiger partial charge in [-0.05, 0) is 68.5 Å². The number of nitrogens with zero attached hydrogens (tertiary/aromatic N) is 2. The van der Waals surface area contributed by atoms with Gasteiger partial charge in [-0.3, -0.25) is 0 Å². The Morgan fingerprint density at radius 2 is 1.93 bits per heavy atom. The number of carbonyl (C=O) groups is 1. The highest BCUT2D eigenvalue weighted by Gasteiger charge is 2.38. The highest BCUT2D eigenvalue weighted by atomic mass is 16.5. The number of aromatic nitrogens is 2. The van der Waals surface area contributed by atoms with Crippen molar-refractivity contribution in [2.45, 2.75) is 44.3 Å². The van der Waals surface area contributed by atoms with Crippen molar-refractivity contribution in [3.8, 4) is 5.69 Å². The number of imidazole rings is 1. The number of aryl methyl sites for hydroxylation is 1. The van der Waals surface area contributed by atoms with Gasteiger partial charge in [0.2, 0.25) is 0 Å². The third-order valence-electron chi connectivity index (χ3n) is 5.48. The lowest BCUT2D eigenvalue weighted by molar-refractivity contribution is -0.0485. The molecule has 1 aliphatic carbocycles. The molecule has 0 spiro atoms. The summed E-state index contributed by atoms with van der Waals surface area (Å²) in [4.78, 5) is 16.7. The number of aliphatic hydroxyl groups is 1. The summed E-state index contributed by atoms with van der Waals surface area (Å²) in [7, 11) is 0. The van der Waals surface area contributed by atoms with E-state index in [4.69, 9.17) is 10.5 Å². The molecule has 0 radical (unpaired) electrons. The number of rotatable bonds is 4. The summed E-state index contributed by atoms with van der Waals surface area (Å²) in [6.07, 6.45) is 5.53. The van der Waals surface area contributed by atoms with Crippen LogP contribution in [0.15, 0.2) is 61.1 Å². The second-order valence-corrected chi connectivity index (χ2v) is 7.77. The number of anilines is 1. The molecule has 1 saturated carbocycles. The van der Waals surface area contributed by atoms with Gasteiger partial charge in [0.15, 0.2) is 0 Å². The molecule has 2 aromatic carbocycles. The van der Waals surface area contributed by atoms with Crippen molar-refractivity contribution < 1.29 is 14.6 Å². The molecule has 4 rings (SSSR count). The van der Waals surface area contributed by atoms with E-state index in [2.05, 4.69) is 4.98 Å². The molecule has 0 amide bonds. The van der Waals surface area contributed by atoms with Gasteiger partial charge < -0.3 is 20.1 Å². The molecular formula is C23H25N3O3. The number of ether oxygens (including phenoxy) is 1. The molecule has 1 heterocycles. The van der Waals surface area contributed by atoms with Gasteiger partial charge in [0.1, 0.15) is 11.7 Å². The smallest absolute Gasteiger partial charge is 0.338 e. The lowest BCUT2D eigenvalue weighted by atomic mass is 9.81. The van der Waals surface area contributed by atoms with Crippen molar-refractivity contribution in [1.82, 2.24) is 9.55 Å². The second kappa shape index (κ2) is 7.72. The fraction of sp³-hybridized carbons (Fsp3) is 0.304. The van der Waals surface area contributed by atoms with E-state index in [1.54, 1.807) is 18.5 Å². The first-order valence-corrected chi connectivity index (χ1v) is 9.83. The first kappa shape index (κ1) is 19.2. The molecular weight excluding hydrogens is 366 g/mol. The van der Waals surface area contributed by atoms with Crippen molar-refractivity contribution in [1.29, 1.82) is 0 Å². The maximum atomic E-state index is 12.2. The van der Waals surface area contributed by atoms with E-state index in [0.717, 1.165) is 11.3 Å². The van der Waals surface area contributed by atoms with E-state index in [1.165, 1.54) is 0 Å². The number of carbonyl (C=O) groups excluding carboxylic acids is 1. The van der Waals surface area contributed by atoms with Crippen LogP contribution in [-0.4, -0.2) is 26.7 Å². The topological polar surface area (TPSA) is 90.4 Å². The molecule has 29 heavy (non-hydrogen) atoms. The number of benzene rings is 2. The Kier molecular flexibility index (Phi) is 5.11. The molecule has 6 heteroatoms. The summed E-state index contributed by atoms with van der Waals surface area (Å²) in [6.45, 7) is 1.99. The molecule has 0 saturated heterocycles. The minimum absolute atomic E-state index is 0.193. The molecule has 0 bridgehead atoms. The van der Waals surface area contributed by atoms with Crippen LogP contribution in [-0.2, 0) is 10.3 Å². The summed E-state index contributed by atoms with van der Waals surface area (Å²) in [6, 6.07) is 14.8. The van der Waals surface area contributed by atoms with Gasteiger partial charge in [-0.1, -0.05) is 18.2 Å². The van der Waals surface area contributed by atoms with Crippen LogP contribution in [0.5, 0.6) is 0 Å². The van der Waals surface area contributed by atoms with Crippen molar-refractivity contribution >= 4 is 11.7 Å². The summed E-state index contributed by atoms with van der Waals surface area (Å²) in [5.74, 6) is -0.317. The molecule has 3 N–H and O–H groups in total.